The molecule has 1 unspecified atom stereocenters. The first-order chi connectivity index (χ1) is 12.7. The molecule has 0 N–H and O–H groups in total. The topological polar surface area (TPSA) is 73.1 Å². The third-order valence-corrected chi connectivity index (χ3v) is 6.00. The lowest BCUT2D eigenvalue weighted by molar-refractivity contribution is -0.142. The highest BCUT2D eigenvalue weighted by molar-refractivity contribution is 7.09. The van der Waals surface area contributed by atoms with E-state index in [2.05, 4.69) is 17.0 Å². The molecule has 0 aromatic carbocycles. The molecule has 0 bridgehead atoms. The lowest BCUT2D eigenvalue weighted by atomic mass is 9.95. The van der Waals surface area contributed by atoms with Crippen molar-refractivity contribution in [3.05, 3.63) is 16.2 Å². The monoisotopic (exact) mass is 375 g/mol. The minimum atomic E-state index is -0.217. The van der Waals surface area contributed by atoms with Gasteiger partial charge in [-0.25, -0.2) is 14.6 Å². The third kappa shape index (κ3) is 3.40. The molecule has 2 saturated heterocycles. The van der Waals surface area contributed by atoms with Gasteiger partial charge in [0.25, 0.3) is 5.91 Å². The second-order valence-corrected chi connectivity index (χ2v) is 8.02. The Bertz CT molecular complexity index is 772. The summed E-state index contributed by atoms with van der Waals surface area (Å²) < 4.78 is 7.54. The Kier molecular flexibility index (Phi) is 5.04. The molecule has 2 fully saturated rings. The summed E-state index contributed by atoms with van der Waals surface area (Å²) in [5.74, 6) is 2.24. The molecule has 26 heavy (non-hydrogen) atoms. The van der Waals surface area contributed by atoms with Gasteiger partial charge in [-0.1, -0.05) is 0 Å². The van der Waals surface area contributed by atoms with Crippen LogP contribution in [0.25, 0.3) is 11.5 Å². The third-order valence-electron chi connectivity index (χ3n) is 5.22. The predicted octanol–water partition coefficient (Wildman–Crippen LogP) is 2.61. The fraction of sp³-hybridized carbons (Fsp3) is 0.667. The highest BCUT2D eigenvalue weighted by atomic mass is 32.1. The quantitative estimate of drug-likeness (QED) is 0.821. The van der Waals surface area contributed by atoms with Gasteiger partial charge in [-0.15, -0.1) is 16.4 Å². The summed E-state index contributed by atoms with van der Waals surface area (Å²) in [5, 5.41) is 7.69. The Morgan fingerprint density at radius 1 is 1.31 bits per heavy atom. The molecule has 2 aromatic rings. The fourth-order valence-corrected chi connectivity index (χ4v) is 4.39. The van der Waals surface area contributed by atoms with Crippen LogP contribution in [0.4, 0.5) is 0 Å². The molecule has 4 heterocycles. The summed E-state index contributed by atoms with van der Waals surface area (Å²) >= 11 is 1.62. The molecule has 4 rings (SSSR count). The standard InChI is InChI=1S/C18H25N5O2S/c1-3-23-17(20-16(21-23)14-11-26-12(2)19-14)13-6-8-22(9-7-13)18(24)15-5-4-10-25-15/h11,13,15H,3-10H2,1-2H3. The van der Waals surface area contributed by atoms with Crippen LogP contribution in [0, 0.1) is 6.92 Å². The van der Waals surface area contributed by atoms with Gasteiger partial charge >= 0.3 is 0 Å². The summed E-state index contributed by atoms with van der Waals surface area (Å²) in [6.45, 7) is 7.12. The molecule has 7 nitrogen and oxygen atoms in total. The number of rotatable bonds is 4. The molecule has 0 radical (unpaired) electrons. The van der Waals surface area contributed by atoms with Crippen molar-refractivity contribution >= 4 is 17.2 Å². The van der Waals surface area contributed by atoms with Gasteiger partial charge in [-0.2, -0.15) is 0 Å². The number of aryl methyl sites for hydroxylation is 2. The summed E-state index contributed by atoms with van der Waals surface area (Å²) in [6.07, 6.45) is 3.48. The van der Waals surface area contributed by atoms with Gasteiger partial charge in [0, 0.05) is 37.5 Å². The molecule has 0 aliphatic carbocycles. The first kappa shape index (κ1) is 17.6. The van der Waals surface area contributed by atoms with E-state index in [4.69, 9.17) is 9.72 Å². The molecule has 0 spiro atoms. The van der Waals surface area contributed by atoms with Crippen LogP contribution in [-0.4, -0.2) is 56.4 Å². The molecule has 2 aliphatic heterocycles. The summed E-state index contributed by atoms with van der Waals surface area (Å²) in [4.78, 5) is 23.8. The van der Waals surface area contributed by atoms with E-state index in [1.54, 1.807) is 11.3 Å². The van der Waals surface area contributed by atoms with Gasteiger partial charge in [0.2, 0.25) is 5.82 Å². The number of amides is 1. The Morgan fingerprint density at radius 3 is 2.73 bits per heavy atom. The van der Waals surface area contributed by atoms with Crippen molar-refractivity contribution in [3.8, 4) is 11.5 Å². The number of hydrogen-bond donors (Lipinski definition) is 0. The van der Waals surface area contributed by atoms with Crippen LogP contribution in [0.1, 0.15) is 49.4 Å². The van der Waals surface area contributed by atoms with Crippen LogP contribution in [0.3, 0.4) is 0 Å². The van der Waals surface area contributed by atoms with Crippen molar-refractivity contribution < 1.29 is 9.53 Å². The molecule has 2 aromatic heterocycles. The fourth-order valence-electron chi connectivity index (χ4n) is 3.80. The summed E-state index contributed by atoms with van der Waals surface area (Å²) in [6, 6.07) is 0. The van der Waals surface area contributed by atoms with Crippen LogP contribution in [0.5, 0.6) is 0 Å². The highest BCUT2D eigenvalue weighted by Crippen LogP contribution is 2.30. The van der Waals surface area contributed by atoms with Crippen molar-refractivity contribution in [3.63, 3.8) is 0 Å². The SMILES string of the molecule is CCn1nc(-c2csc(C)n2)nc1C1CCN(C(=O)C2CCCO2)CC1. The Morgan fingerprint density at radius 2 is 2.12 bits per heavy atom. The number of aromatic nitrogens is 4. The van der Waals surface area contributed by atoms with Gasteiger partial charge in [0.15, 0.2) is 0 Å². The lowest BCUT2D eigenvalue weighted by Gasteiger charge is -2.32. The number of carbonyl (C=O) groups is 1. The van der Waals surface area contributed by atoms with Crippen LogP contribution < -0.4 is 0 Å². The van der Waals surface area contributed by atoms with E-state index < -0.39 is 0 Å². The smallest absolute Gasteiger partial charge is 0.251 e. The van der Waals surface area contributed by atoms with Crippen LogP contribution in [-0.2, 0) is 16.1 Å². The van der Waals surface area contributed by atoms with E-state index in [0.29, 0.717) is 18.3 Å². The molecular weight excluding hydrogens is 350 g/mol. The minimum absolute atomic E-state index is 0.163. The zero-order valence-electron chi connectivity index (χ0n) is 15.3. The second kappa shape index (κ2) is 7.44. The maximum atomic E-state index is 12.5. The van der Waals surface area contributed by atoms with E-state index in [1.807, 2.05) is 21.9 Å². The molecule has 1 amide bonds. The van der Waals surface area contributed by atoms with Crippen LogP contribution in [0.15, 0.2) is 5.38 Å². The normalized spacial score (nSPS) is 21.5. The Labute approximate surface area is 157 Å². The first-order valence-electron chi connectivity index (χ1n) is 9.43. The molecular formula is C18H25N5O2S. The van der Waals surface area contributed by atoms with Gasteiger partial charge in [0.1, 0.15) is 17.6 Å². The van der Waals surface area contributed by atoms with E-state index in [0.717, 1.165) is 61.8 Å². The van der Waals surface area contributed by atoms with Gasteiger partial charge in [-0.05, 0) is 39.5 Å². The van der Waals surface area contributed by atoms with Gasteiger partial charge in [0.05, 0.1) is 5.01 Å². The van der Waals surface area contributed by atoms with Crippen molar-refractivity contribution in [2.75, 3.05) is 19.7 Å². The summed E-state index contributed by atoms with van der Waals surface area (Å²) in [5.41, 5.74) is 0.854. The summed E-state index contributed by atoms with van der Waals surface area (Å²) in [7, 11) is 0. The van der Waals surface area contributed by atoms with E-state index in [-0.39, 0.29) is 12.0 Å². The molecule has 8 heteroatoms. The van der Waals surface area contributed by atoms with E-state index >= 15 is 0 Å². The largest absolute Gasteiger partial charge is 0.368 e. The maximum Gasteiger partial charge on any atom is 0.251 e. The van der Waals surface area contributed by atoms with E-state index in [9.17, 15) is 4.79 Å². The maximum absolute atomic E-state index is 12.5. The zero-order valence-corrected chi connectivity index (χ0v) is 16.2. The number of nitrogens with zero attached hydrogens (tertiary/aromatic N) is 5. The van der Waals surface area contributed by atoms with Gasteiger partial charge in [-0.3, -0.25) is 4.79 Å². The number of hydrogen-bond acceptors (Lipinski definition) is 6. The minimum Gasteiger partial charge on any atom is -0.368 e. The lowest BCUT2D eigenvalue weighted by Crippen LogP contribution is -2.43. The first-order valence-corrected chi connectivity index (χ1v) is 10.3. The van der Waals surface area contributed by atoms with E-state index in [1.165, 1.54) is 0 Å². The van der Waals surface area contributed by atoms with Crippen LogP contribution in [0.2, 0.25) is 0 Å². The number of ether oxygens (including phenoxy) is 1. The molecule has 140 valence electrons. The van der Waals surface area contributed by atoms with Crippen LogP contribution >= 0.6 is 11.3 Å². The molecule has 0 saturated carbocycles. The second-order valence-electron chi connectivity index (χ2n) is 6.96. The number of likely N-dealkylation sites (tertiary alicyclic amines) is 1. The van der Waals surface area contributed by atoms with Crippen molar-refractivity contribution in [2.45, 2.75) is 58.1 Å². The molecule has 2 aliphatic rings. The van der Waals surface area contributed by atoms with Crippen molar-refractivity contribution in [2.24, 2.45) is 0 Å². The number of thiazole rings is 1. The predicted molar refractivity (Wildman–Crippen MR) is 99.1 cm³/mol. The Balaban J connectivity index is 1.45. The average Bonchev–Trinajstić information content (AvgIpc) is 3.41. The average molecular weight is 375 g/mol. The molecule has 1 atom stereocenters. The Hall–Kier alpha value is -1.80. The van der Waals surface area contributed by atoms with Gasteiger partial charge < -0.3 is 9.64 Å². The van der Waals surface area contributed by atoms with Crippen molar-refractivity contribution in [1.82, 2.24) is 24.6 Å². The highest BCUT2D eigenvalue weighted by Gasteiger charge is 2.32. The number of piperidine rings is 1. The zero-order chi connectivity index (χ0) is 18.1. The van der Waals surface area contributed by atoms with Crippen molar-refractivity contribution in [1.29, 1.82) is 0 Å². The number of carbonyl (C=O) groups excluding carboxylic acids is 1.